The van der Waals surface area contributed by atoms with Crippen molar-refractivity contribution in [1.82, 2.24) is 0 Å². The van der Waals surface area contributed by atoms with Crippen LogP contribution in [0.1, 0.15) is 47.0 Å². The maximum Gasteiger partial charge on any atom is 0.251 e. The molecule has 1 unspecified atom stereocenters. The first-order valence-corrected chi connectivity index (χ1v) is 7.78. The molecule has 110 valence electrons. The lowest BCUT2D eigenvalue weighted by Crippen LogP contribution is -2.19. The molecule has 20 heavy (non-hydrogen) atoms. The van der Waals surface area contributed by atoms with Crippen LogP contribution in [-0.4, -0.2) is 18.4 Å². The normalized spacial score (nSPS) is 17.6. The monoisotopic (exact) mass is 295 g/mol. The van der Waals surface area contributed by atoms with Crippen LogP contribution < -0.4 is 16.8 Å². The maximum absolute atomic E-state index is 11.8. The minimum atomic E-state index is -0.453. The van der Waals surface area contributed by atoms with Gasteiger partial charge in [0.2, 0.25) is 5.91 Å². The van der Waals surface area contributed by atoms with Crippen molar-refractivity contribution in [2.45, 2.75) is 39.0 Å². The summed E-state index contributed by atoms with van der Waals surface area (Å²) < 4.78 is 0. The topological polar surface area (TPSA) is 98.2 Å². The number of amides is 2. The van der Waals surface area contributed by atoms with Crippen molar-refractivity contribution in [2.24, 2.45) is 17.4 Å². The second-order valence-electron chi connectivity index (χ2n) is 5.36. The Morgan fingerprint density at radius 1 is 1.45 bits per heavy atom. The summed E-state index contributed by atoms with van der Waals surface area (Å²) in [4.78, 5) is 24.7. The number of fused-ring (bicyclic) bond motifs is 1. The van der Waals surface area contributed by atoms with Gasteiger partial charge in [-0.15, -0.1) is 11.3 Å². The Morgan fingerprint density at radius 3 is 2.85 bits per heavy atom. The predicted molar refractivity (Wildman–Crippen MR) is 80.9 cm³/mol. The molecule has 1 aromatic heterocycles. The van der Waals surface area contributed by atoms with Gasteiger partial charge in [-0.25, -0.2) is 0 Å². The van der Waals surface area contributed by atoms with Crippen molar-refractivity contribution in [2.75, 3.05) is 11.9 Å². The number of carbonyl (C=O) groups excluding carboxylic acids is 2. The van der Waals surface area contributed by atoms with Gasteiger partial charge < -0.3 is 16.8 Å². The highest BCUT2D eigenvalue weighted by Gasteiger charge is 2.27. The van der Waals surface area contributed by atoms with E-state index in [1.165, 1.54) is 16.2 Å². The van der Waals surface area contributed by atoms with E-state index in [1.807, 2.05) is 0 Å². The fourth-order valence-electron chi connectivity index (χ4n) is 2.55. The molecule has 0 saturated heterocycles. The summed E-state index contributed by atoms with van der Waals surface area (Å²) in [6.07, 6.45) is 3.89. The predicted octanol–water partition coefficient (Wildman–Crippen LogP) is 1.65. The first kappa shape index (κ1) is 15.0. The van der Waals surface area contributed by atoms with Crippen molar-refractivity contribution in [1.29, 1.82) is 0 Å². The molecule has 5 N–H and O–H groups in total. The molecule has 0 spiro atoms. The highest BCUT2D eigenvalue weighted by molar-refractivity contribution is 7.17. The highest BCUT2D eigenvalue weighted by Crippen LogP contribution is 2.39. The van der Waals surface area contributed by atoms with E-state index in [1.54, 1.807) is 0 Å². The molecule has 6 heteroatoms. The van der Waals surface area contributed by atoms with E-state index in [9.17, 15) is 9.59 Å². The fraction of sp³-hybridized carbons (Fsp3) is 0.571. The van der Waals surface area contributed by atoms with Crippen LogP contribution in [0.4, 0.5) is 5.00 Å². The number of nitrogens with two attached hydrogens (primary N) is 2. The van der Waals surface area contributed by atoms with E-state index in [4.69, 9.17) is 11.5 Å². The first-order valence-electron chi connectivity index (χ1n) is 6.97. The lowest BCUT2D eigenvalue weighted by molar-refractivity contribution is -0.116. The van der Waals surface area contributed by atoms with Gasteiger partial charge in [0.15, 0.2) is 0 Å². The third-order valence-corrected chi connectivity index (χ3v) is 4.79. The number of primary amides is 1. The van der Waals surface area contributed by atoms with E-state index in [0.717, 1.165) is 24.8 Å². The number of carbonyl (C=O) groups is 2. The summed E-state index contributed by atoms with van der Waals surface area (Å²) in [5.41, 5.74) is 12.4. The molecule has 1 aliphatic carbocycles. The summed E-state index contributed by atoms with van der Waals surface area (Å²) >= 11 is 1.49. The average molecular weight is 295 g/mol. The van der Waals surface area contributed by atoms with Gasteiger partial charge in [-0.1, -0.05) is 6.92 Å². The van der Waals surface area contributed by atoms with E-state index in [0.29, 0.717) is 35.9 Å². The van der Waals surface area contributed by atoms with Crippen molar-refractivity contribution < 1.29 is 9.59 Å². The summed E-state index contributed by atoms with van der Waals surface area (Å²) in [6, 6.07) is 0. The molecule has 1 atom stereocenters. The van der Waals surface area contributed by atoms with E-state index in [-0.39, 0.29) is 5.91 Å². The Morgan fingerprint density at radius 2 is 2.20 bits per heavy atom. The fourth-order valence-corrected chi connectivity index (χ4v) is 3.98. The summed E-state index contributed by atoms with van der Waals surface area (Å²) in [5.74, 6) is 0.0541. The van der Waals surface area contributed by atoms with Gasteiger partial charge >= 0.3 is 0 Å². The Hall–Kier alpha value is -1.40. The Balaban J connectivity index is 2.24. The molecule has 1 aromatic rings. The maximum atomic E-state index is 11.8. The van der Waals surface area contributed by atoms with Crippen LogP contribution in [0.2, 0.25) is 0 Å². The summed E-state index contributed by atoms with van der Waals surface area (Å²) in [7, 11) is 0. The second-order valence-corrected chi connectivity index (χ2v) is 6.47. The lowest BCUT2D eigenvalue weighted by atomic mass is 9.88. The Labute approximate surface area is 122 Å². The third kappa shape index (κ3) is 3.19. The van der Waals surface area contributed by atoms with Crippen LogP contribution in [0, 0.1) is 5.92 Å². The van der Waals surface area contributed by atoms with Crippen molar-refractivity contribution in [3.63, 3.8) is 0 Å². The number of thiophene rings is 1. The third-order valence-electron chi connectivity index (χ3n) is 3.62. The molecule has 1 heterocycles. The minimum Gasteiger partial charge on any atom is -0.365 e. The van der Waals surface area contributed by atoms with Gasteiger partial charge in [0.25, 0.3) is 5.91 Å². The largest absolute Gasteiger partial charge is 0.365 e. The van der Waals surface area contributed by atoms with Crippen LogP contribution >= 0.6 is 11.3 Å². The van der Waals surface area contributed by atoms with Gasteiger partial charge in [-0.3, -0.25) is 9.59 Å². The van der Waals surface area contributed by atoms with Crippen LogP contribution in [0.15, 0.2) is 0 Å². The number of hydrogen-bond acceptors (Lipinski definition) is 4. The van der Waals surface area contributed by atoms with Gasteiger partial charge in [-0.2, -0.15) is 0 Å². The van der Waals surface area contributed by atoms with Gasteiger partial charge in [0, 0.05) is 11.3 Å². The van der Waals surface area contributed by atoms with Gasteiger partial charge in [-0.05, 0) is 43.7 Å². The van der Waals surface area contributed by atoms with E-state index >= 15 is 0 Å². The first-order chi connectivity index (χ1) is 9.52. The van der Waals surface area contributed by atoms with Crippen LogP contribution in [-0.2, 0) is 17.6 Å². The van der Waals surface area contributed by atoms with Crippen LogP contribution in [0.3, 0.4) is 0 Å². The molecule has 0 bridgehead atoms. The SMILES string of the molecule is CC1CCc2c(sc(NC(=O)CCCN)c2C(N)=O)C1. The number of nitrogens with one attached hydrogen (secondary N) is 1. The molecule has 0 radical (unpaired) electrons. The zero-order valence-corrected chi connectivity index (χ0v) is 12.5. The molecule has 0 aromatic carbocycles. The van der Waals surface area contributed by atoms with Crippen LogP contribution in [0.25, 0.3) is 0 Å². The Bertz CT molecular complexity index is 525. The van der Waals surface area contributed by atoms with Crippen LogP contribution in [0.5, 0.6) is 0 Å². The summed E-state index contributed by atoms with van der Waals surface area (Å²) in [6.45, 7) is 2.68. The molecule has 2 rings (SSSR count). The number of rotatable bonds is 5. The van der Waals surface area contributed by atoms with Gasteiger partial charge in [0.1, 0.15) is 5.00 Å². The molecular formula is C14H21N3O2S. The summed E-state index contributed by atoms with van der Waals surface area (Å²) in [5, 5.41) is 3.43. The molecule has 0 saturated carbocycles. The van der Waals surface area contributed by atoms with E-state index < -0.39 is 5.91 Å². The second kappa shape index (κ2) is 6.37. The zero-order chi connectivity index (χ0) is 14.7. The molecule has 0 aliphatic heterocycles. The van der Waals surface area contributed by atoms with Crippen molar-refractivity contribution in [3.8, 4) is 0 Å². The smallest absolute Gasteiger partial charge is 0.251 e. The highest BCUT2D eigenvalue weighted by atomic mass is 32.1. The molecule has 2 amide bonds. The molecule has 1 aliphatic rings. The molecular weight excluding hydrogens is 274 g/mol. The standard InChI is InChI=1S/C14H21N3O2S/c1-8-4-5-9-10(7-8)20-14(12(9)13(16)19)17-11(18)3-2-6-15/h8H,2-7,15H2,1H3,(H2,16,19)(H,17,18). The molecule has 5 nitrogen and oxygen atoms in total. The number of hydrogen-bond donors (Lipinski definition) is 3. The lowest BCUT2D eigenvalue weighted by Gasteiger charge is -2.18. The van der Waals surface area contributed by atoms with Crippen molar-refractivity contribution >= 4 is 28.2 Å². The van der Waals surface area contributed by atoms with Crippen molar-refractivity contribution in [3.05, 3.63) is 16.0 Å². The number of anilines is 1. The van der Waals surface area contributed by atoms with Gasteiger partial charge in [0.05, 0.1) is 5.56 Å². The zero-order valence-electron chi connectivity index (χ0n) is 11.7. The average Bonchev–Trinajstić information content (AvgIpc) is 2.73. The quantitative estimate of drug-likeness (QED) is 0.770. The molecule has 0 fully saturated rings. The van der Waals surface area contributed by atoms with E-state index in [2.05, 4.69) is 12.2 Å². The minimum absolute atomic E-state index is 0.107. The Kier molecular flexibility index (Phi) is 4.77.